The molecule has 59 heavy (non-hydrogen) atoms. The largest absolute Gasteiger partial charge is 0.456 e. The van der Waals surface area contributed by atoms with Crippen molar-refractivity contribution >= 4 is 39.0 Å². The van der Waals surface area contributed by atoms with Gasteiger partial charge in [0.05, 0.1) is 5.69 Å². The predicted octanol–water partition coefficient (Wildman–Crippen LogP) is 15.6. The van der Waals surface area contributed by atoms with Gasteiger partial charge in [-0.25, -0.2) is 0 Å². The first-order valence-corrected chi connectivity index (χ1v) is 21.0. The minimum absolute atomic E-state index is 0.0930. The van der Waals surface area contributed by atoms with Crippen LogP contribution in [0.15, 0.2) is 168 Å². The Balaban J connectivity index is 1.05. The van der Waals surface area contributed by atoms with Gasteiger partial charge >= 0.3 is 0 Å². The molecule has 9 aromatic rings. The van der Waals surface area contributed by atoms with E-state index in [1.807, 2.05) is 12.1 Å². The Morgan fingerprint density at radius 2 is 0.898 bits per heavy atom. The van der Waals surface area contributed by atoms with Gasteiger partial charge in [0.15, 0.2) is 0 Å². The second-order valence-electron chi connectivity index (χ2n) is 18.5. The van der Waals surface area contributed by atoms with Crippen molar-refractivity contribution in [2.75, 3.05) is 4.90 Å². The molecule has 284 valence electrons. The van der Waals surface area contributed by atoms with Gasteiger partial charge in [0, 0.05) is 44.0 Å². The zero-order valence-corrected chi connectivity index (χ0v) is 34.4. The van der Waals surface area contributed by atoms with E-state index in [1.54, 1.807) is 0 Å². The molecule has 3 aliphatic rings. The highest BCUT2D eigenvalue weighted by Gasteiger charge is 2.43. The van der Waals surface area contributed by atoms with E-state index < -0.39 is 0 Å². The van der Waals surface area contributed by atoms with Gasteiger partial charge in [-0.1, -0.05) is 145 Å². The number of para-hydroxylation sites is 1. The summed E-state index contributed by atoms with van der Waals surface area (Å²) in [5.74, 6) is 0. The fourth-order valence-electron chi connectivity index (χ4n) is 11.1. The maximum absolute atomic E-state index is 6.31. The van der Waals surface area contributed by atoms with Crippen LogP contribution in [0.1, 0.15) is 74.9 Å². The molecular weight excluding hydrogens is 715 g/mol. The third-order valence-corrected chi connectivity index (χ3v) is 14.3. The maximum Gasteiger partial charge on any atom is 0.136 e. The number of rotatable bonds is 4. The number of fused-ring (bicyclic) bond motifs is 12. The number of hydrogen-bond acceptors (Lipinski definition) is 2. The van der Waals surface area contributed by atoms with Crippen molar-refractivity contribution in [2.45, 2.75) is 57.8 Å². The van der Waals surface area contributed by atoms with Gasteiger partial charge in [-0.2, -0.15) is 0 Å². The van der Waals surface area contributed by atoms with Crippen LogP contribution in [0.25, 0.3) is 66.4 Å². The van der Waals surface area contributed by atoms with Crippen molar-refractivity contribution in [1.29, 1.82) is 0 Å². The zero-order valence-electron chi connectivity index (χ0n) is 34.4. The Bertz CT molecular complexity index is 3240. The van der Waals surface area contributed by atoms with E-state index in [4.69, 9.17) is 4.42 Å². The predicted molar refractivity (Wildman–Crippen MR) is 247 cm³/mol. The fourth-order valence-corrected chi connectivity index (χ4v) is 11.1. The molecule has 2 nitrogen and oxygen atoms in total. The molecule has 1 heterocycles. The van der Waals surface area contributed by atoms with Gasteiger partial charge in [-0.3, -0.25) is 0 Å². The molecular formula is C57H45NO. The molecule has 3 aliphatic carbocycles. The highest BCUT2D eigenvalue weighted by atomic mass is 16.3. The third kappa shape index (κ3) is 4.63. The number of hydrogen-bond donors (Lipinski definition) is 0. The van der Waals surface area contributed by atoms with Gasteiger partial charge in [0.2, 0.25) is 0 Å². The molecule has 0 atom stereocenters. The topological polar surface area (TPSA) is 16.4 Å². The van der Waals surface area contributed by atoms with Crippen LogP contribution in [0.4, 0.5) is 17.1 Å². The standard InChI is InChI=1S/C57H45NO/c1-55(2)45-17-10-7-14-38(45)40-29-27-37(31-48(40)55)58(36-25-22-34(23-26-36)35-24-28-42-41-16-9-12-21-52(41)59-53(42)30-35)51-20-13-19-47-54(51)44-33-49-43(32-50(44)57(47,5)6)39-15-8-11-18-46(39)56(49,3)4/h7-33H,1-6H3. The third-order valence-electron chi connectivity index (χ3n) is 14.3. The van der Waals surface area contributed by atoms with Gasteiger partial charge in [-0.15, -0.1) is 0 Å². The number of benzene rings is 8. The van der Waals surface area contributed by atoms with Crippen molar-refractivity contribution in [3.05, 3.63) is 197 Å². The minimum Gasteiger partial charge on any atom is -0.456 e. The Morgan fingerprint density at radius 3 is 1.66 bits per heavy atom. The van der Waals surface area contributed by atoms with Gasteiger partial charge in [0.25, 0.3) is 0 Å². The first-order valence-electron chi connectivity index (χ1n) is 21.0. The molecule has 0 spiro atoms. The Kier molecular flexibility index (Phi) is 6.84. The van der Waals surface area contributed by atoms with Crippen molar-refractivity contribution in [3.63, 3.8) is 0 Å². The summed E-state index contributed by atoms with van der Waals surface area (Å²) in [6.45, 7) is 14.3. The van der Waals surface area contributed by atoms with Crippen LogP contribution >= 0.6 is 0 Å². The summed E-state index contributed by atoms with van der Waals surface area (Å²) < 4.78 is 6.31. The lowest BCUT2D eigenvalue weighted by Gasteiger charge is -2.30. The molecule has 0 amide bonds. The normalized spacial score (nSPS) is 15.7. The quantitative estimate of drug-likeness (QED) is 0.178. The molecule has 0 bridgehead atoms. The Hall–Kier alpha value is -6.64. The molecule has 0 unspecified atom stereocenters. The Morgan fingerprint density at radius 1 is 0.356 bits per heavy atom. The lowest BCUT2D eigenvalue weighted by atomic mass is 9.79. The van der Waals surface area contributed by atoms with Crippen molar-refractivity contribution in [2.24, 2.45) is 0 Å². The number of nitrogens with zero attached hydrogens (tertiary/aromatic N) is 1. The molecule has 0 fully saturated rings. The van der Waals surface area contributed by atoms with Gasteiger partial charge in [0.1, 0.15) is 11.2 Å². The first-order chi connectivity index (χ1) is 28.5. The van der Waals surface area contributed by atoms with E-state index in [2.05, 4.69) is 198 Å². The molecule has 0 saturated carbocycles. The highest BCUT2D eigenvalue weighted by molar-refractivity contribution is 6.06. The minimum atomic E-state index is -0.177. The van der Waals surface area contributed by atoms with Crippen molar-refractivity contribution in [1.82, 2.24) is 0 Å². The summed E-state index contributed by atoms with van der Waals surface area (Å²) in [6.07, 6.45) is 0. The number of furan rings is 1. The smallest absolute Gasteiger partial charge is 0.136 e. The van der Waals surface area contributed by atoms with Gasteiger partial charge < -0.3 is 9.32 Å². The summed E-state index contributed by atoms with van der Waals surface area (Å²) in [6, 6.07) is 61.2. The lowest BCUT2D eigenvalue weighted by molar-refractivity contribution is 0.652. The maximum atomic E-state index is 6.31. The molecule has 12 rings (SSSR count). The van der Waals surface area contributed by atoms with E-state index in [9.17, 15) is 0 Å². The van der Waals surface area contributed by atoms with E-state index in [0.29, 0.717) is 0 Å². The van der Waals surface area contributed by atoms with Crippen LogP contribution in [0.3, 0.4) is 0 Å². The molecule has 0 N–H and O–H groups in total. The molecule has 2 heteroatoms. The molecule has 0 radical (unpaired) electrons. The first kappa shape index (κ1) is 34.4. The van der Waals surface area contributed by atoms with E-state index in [1.165, 1.54) is 72.4 Å². The second kappa shape index (κ2) is 11.7. The average molecular weight is 760 g/mol. The number of anilines is 3. The van der Waals surface area contributed by atoms with Crippen LogP contribution in [0, 0.1) is 0 Å². The second-order valence-corrected chi connectivity index (χ2v) is 18.5. The van der Waals surface area contributed by atoms with E-state index in [-0.39, 0.29) is 16.2 Å². The van der Waals surface area contributed by atoms with Gasteiger partial charge in [-0.05, 0) is 133 Å². The molecule has 1 aromatic heterocycles. The summed E-state index contributed by atoms with van der Waals surface area (Å²) >= 11 is 0. The summed E-state index contributed by atoms with van der Waals surface area (Å²) in [7, 11) is 0. The fraction of sp³-hybridized carbons (Fsp3) is 0.158. The Labute approximate surface area is 346 Å². The average Bonchev–Trinajstić information content (AvgIpc) is 3.89. The van der Waals surface area contributed by atoms with Crippen LogP contribution in [0.5, 0.6) is 0 Å². The SMILES string of the molecule is CC1(C)c2ccccc2-c2ccc(N(c3ccc(-c4ccc5c(c4)oc4ccccc45)cc3)c3cccc4c3-c3cc5c(cc3C4(C)C)-c3ccccc3C5(C)C)cc21. The zero-order chi connectivity index (χ0) is 40.0. The summed E-state index contributed by atoms with van der Waals surface area (Å²) in [5, 5.41) is 2.30. The molecule has 0 saturated heterocycles. The summed E-state index contributed by atoms with van der Waals surface area (Å²) in [5.41, 5.74) is 23.6. The van der Waals surface area contributed by atoms with Crippen LogP contribution in [-0.4, -0.2) is 0 Å². The van der Waals surface area contributed by atoms with Crippen molar-refractivity contribution in [3.8, 4) is 44.5 Å². The monoisotopic (exact) mass is 759 g/mol. The highest BCUT2D eigenvalue weighted by Crippen LogP contribution is 2.59. The van der Waals surface area contributed by atoms with Crippen LogP contribution < -0.4 is 4.90 Å². The van der Waals surface area contributed by atoms with Crippen LogP contribution in [-0.2, 0) is 16.2 Å². The molecule has 8 aromatic carbocycles. The summed E-state index contributed by atoms with van der Waals surface area (Å²) in [4.78, 5) is 2.52. The lowest BCUT2D eigenvalue weighted by Crippen LogP contribution is -2.17. The van der Waals surface area contributed by atoms with E-state index in [0.717, 1.165) is 44.4 Å². The van der Waals surface area contributed by atoms with E-state index >= 15 is 0 Å². The van der Waals surface area contributed by atoms with Crippen LogP contribution in [0.2, 0.25) is 0 Å². The van der Waals surface area contributed by atoms with Crippen molar-refractivity contribution < 1.29 is 4.42 Å². The molecule has 0 aliphatic heterocycles.